The number of nitrogens with zero attached hydrogens (tertiary/aromatic N) is 1. The van der Waals surface area contributed by atoms with Crippen LogP contribution in [0.5, 0.6) is 0 Å². The van der Waals surface area contributed by atoms with Crippen molar-refractivity contribution in [2.45, 2.75) is 32.7 Å². The molecule has 20 heavy (non-hydrogen) atoms. The zero-order chi connectivity index (χ0) is 14.6. The van der Waals surface area contributed by atoms with Gasteiger partial charge in [-0.1, -0.05) is 19.9 Å². The van der Waals surface area contributed by atoms with Crippen LogP contribution in [0.3, 0.4) is 0 Å². The van der Waals surface area contributed by atoms with Crippen molar-refractivity contribution in [3.05, 3.63) is 30.1 Å². The minimum Gasteiger partial charge on any atom is -0.396 e. The van der Waals surface area contributed by atoms with Crippen molar-refractivity contribution in [1.29, 1.82) is 0 Å². The van der Waals surface area contributed by atoms with Crippen LogP contribution in [0.4, 0.5) is 10.1 Å². The summed E-state index contributed by atoms with van der Waals surface area (Å²) >= 11 is 0. The first-order valence-corrected chi connectivity index (χ1v) is 7.34. The molecule has 0 aromatic heterocycles. The van der Waals surface area contributed by atoms with E-state index in [2.05, 4.69) is 24.1 Å². The second-order valence-electron chi connectivity index (χ2n) is 6.55. The van der Waals surface area contributed by atoms with Gasteiger partial charge in [-0.2, -0.15) is 0 Å². The summed E-state index contributed by atoms with van der Waals surface area (Å²) in [5, 5.41) is 12.8. The highest BCUT2D eigenvalue weighted by Gasteiger charge is 2.25. The highest BCUT2D eigenvalue weighted by atomic mass is 19.1. The monoisotopic (exact) mass is 280 g/mol. The number of halogens is 1. The maximum Gasteiger partial charge on any atom is 0.125 e. The van der Waals surface area contributed by atoms with Crippen LogP contribution in [-0.2, 0) is 0 Å². The summed E-state index contributed by atoms with van der Waals surface area (Å²) in [5.41, 5.74) is 0.777. The molecule has 4 heteroatoms. The third-order valence-corrected chi connectivity index (χ3v) is 3.78. The number of nitrogens with one attached hydrogen (secondary N) is 1. The van der Waals surface area contributed by atoms with Crippen LogP contribution >= 0.6 is 0 Å². The first kappa shape index (κ1) is 15.3. The van der Waals surface area contributed by atoms with Crippen LogP contribution in [0.2, 0.25) is 0 Å². The zero-order valence-corrected chi connectivity index (χ0v) is 12.4. The lowest BCUT2D eigenvalue weighted by Gasteiger charge is -2.37. The van der Waals surface area contributed by atoms with Crippen LogP contribution < -0.4 is 5.32 Å². The number of anilines is 1. The summed E-state index contributed by atoms with van der Waals surface area (Å²) in [6.07, 6.45) is 2.24. The van der Waals surface area contributed by atoms with E-state index in [4.69, 9.17) is 0 Å². The molecule has 3 nitrogen and oxygen atoms in total. The fraction of sp³-hybridized carbons (Fsp3) is 0.625. The van der Waals surface area contributed by atoms with E-state index in [9.17, 15) is 9.50 Å². The highest BCUT2D eigenvalue weighted by Crippen LogP contribution is 2.21. The minimum absolute atomic E-state index is 0.0687. The first-order valence-electron chi connectivity index (χ1n) is 7.34. The maximum atomic E-state index is 13.2. The molecule has 2 N–H and O–H groups in total. The van der Waals surface area contributed by atoms with Crippen molar-refractivity contribution in [3.8, 4) is 0 Å². The van der Waals surface area contributed by atoms with Crippen molar-refractivity contribution in [2.75, 3.05) is 31.6 Å². The standard InChI is InChI=1S/C16H25FN2O/c1-16(2,12-20)11-19-8-4-7-15(10-19)18-14-6-3-5-13(17)9-14/h3,5-6,9,15,18,20H,4,7-8,10-12H2,1-2H3/t15-/m0/s1. The van der Waals surface area contributed by atoms with Crippen molar-refractivity contribution in [1.82, 2.24) is 4.90 Å². The second kappa shape index (κ2) is 6.55. The molecule has 1 aliphatic rings. The van der Waals surface area contributed by atoms with Gasteiger partial charge < -0.3 is 15.3 Å². The van der Waals surface area contributed by atoms with Gasteiger partial charge in [0.25, 0.3) is 0 Å². The predicted molar refractivity (Wildman–Crippen MR) is 80.4 cm³/mol. The van der Waals surface area contributed by atoms with E-state index in [0.717, 1.165) is 38.2 Å². The average molecular weight is 280 g/mol. The van der Waals surface area contributed by atoms with E-state index in [1.54, 1.807) is 6.07 Å². The maximum absolute atomic E-state index is 13.2. The van der Waals surface area contributed by atoms with E-state index in [1.165, 1.54) is 12.1 Å². The topological polar surface area (TPSA) is 35.5 Å². The van der Waals surface area contributed by atoms with Crippen LogP contribution in [0.15, 0.2) is 24.3 Å². The summed E-state index contributed by atoms with van der Waals surface area (Å²) < 4.78 is 13.2. The second-order valence-corrected chi connectivity index (χ2v) is 6.55. The average Bonchev–Trinajstić information content (AvgIpc) is 2.38. The van der Waals surface area contributed by atoms with Crippen LogP contribution in [0.25, 0.3) is 0 Å². The highest BCUT2D eigenvalue weighted by molar-refractivity contribution is 5.44. The molecule has 2 rings (SSSR count). The summed E-state index contributed by atoms with van der Waals surface area (Å²) in [7, 11) is 0. The zero-order valence-electron chi connectivity index (χ0n) is 12.4. The van der Waals surface area contributed by atoms with Gasteiger partial charge in [-0.3, -0.25) is 0 Å². The fourth-order valence-corrected chi connectivity index (χ4v) is 2.79. The summed E-state index contributed by atoms with van der Waals surface area (Å²) in [6, 6.07) is 6.98. The largest absolute Gasteiger partial charge is 0.396 e. The van der Waals surface area contributed by atoms with Gasteiger partial charge in [-0.05, 0) is 37.6 Å². The molecule has 0 amide bonds. The van der Waals surface area contributed by atoms with Crippen molar-refractivity contribution in [2.24, 2.45) is 5.41 Å². The summed E-state index contributed by atoms with van der Waals surface area (Å²) in [4.78, 5) is 2.39. The van der Waals surface area contributed by atoms with Crippen molar-refractivity contribution >= 4 is 5.69 Å². The van der Waals surface area contributed by atoms with Crippen LogP contribution in [-0.4, -0.2) is 42.3 Å². The summed E-state index contributed by atoms with van der Waals surface area (Å²) in [6.45, 7) is 7.27. The van der Waals surface area contributed by atoms with Gasteiger partial charge in [0.05, 0.1) is 0 Å². The number of likely N-dealkylation sites (tertiary alicyclic amines) is 1. The van der Waals surface area contributed by atoms with Gasteiger partial charge in [0.15, 0.2) is 0 Å². The van der Waals surface area contributed by atoms with Gasteiger partial charge in [-0.15, -0.1) is 0 Å². The normalized spacial score (nSPS) is 20.9. The number of benzene rings is 1. The van der Waals surface area contributed by atoms with Gasteiger partial charge in [0.1, 0.15) is 5.82 Å². The quantitative estimate of drug-likeness (QED) is 0.870. The number of piperidine rings is 1. The Bertz CT molecular complexity index is 436. The van der Waals surface area contributed by atoms with Crippen LogP contribution in [0.1, 0.15) is 26.7 Å². The lowest BCUT2D eigenvalue weighted by molar-refractivity contribution is 0.0894. The van der Waals surface area contributed by atoms with E-state index in [1.807, 2.05) is 6.07 Å². The van der Waals surface area contributed by atoms with Gasteiger partial charge >= 0.3 is 0 Å². The first-order chi connectivity index (χ1) is 9.48. The molecule has 112 valence electrons. The fourth-order valence-electron chi connectivity index (χ4n) is 2.79. The Morgan fingerprint density at radius 2 is 2.25 bits per heavy atom. The smallest absolute Gasteiger partial charge is 0.125 e. The predicted octanol–water partition coefficient (Wildman–Crippen LogP) is 2.72. The number of hydrogen-bond donors (Lipinski definition) is 2. The molecule has 1 aromatic rings. The van der Waals surface area contributed by atoms with Crippen LogP contribution in [0, 0.1) is 11.2 Å². The molecule has 0 radical (unpaired) electrons. The Balaban J connectivity index is 1.90. The summed E-state index contributed by atoms with van der Waals surface area (Å²) in [5.74, 6) is -0.205. The third kappa shape index (κ3) is 4.46. The lowest BCUT2D eigenvalue weighted by Crippen LogP contribution is -2.46. The SMILES string of the molecule is CC(C)(CO)CN1CCC[C@H](Nc2cccc(F)c2)C1. The molecule has 1 atom stereocenters. The molecular weight excluding hydrogens is 255 g/mol. The Morgan fingerprint density at radius 1 is 1.45 bits per heavy atom. The molecule has 1 aromatic carbocycles. The Hall–Kier alpha value is -1.13. The van der Waals surface area contributed by atoms with Crippen molar-refractivity contribution < 1.29 is 9.50 Å². The van der Waals surface area contributed by atoms with E-state index < -0.39 is 0 Å². The van der Waals surface area contributed by atoms with Gasteiger partial charge in [0, 0.05) is 36.8 Å². The number of rotatable bonds is 5. The number of aliphatic hydroxyl groups is 1. The van der Waals surface area contributed by atoms with Crippen molar-refractivity contribution in [3.63, 3.8) is 0 Å². The number of hydrogen-bond acceptors (Lipinski definition) is 3. The molecule has 1 aliphatic heterocycles. The lowest BCUT2D eigenvalue weighted by atomic mass is 9.92. The molecule has 0 saturated carbocycles. The number of aliphatic hydroxyl groups excluding tert-OH is 1. The van der Waals surface area contributed by atoms with E-state index in [0.29, 0.717) is 6.04 Å². The molecule has 0 spiro atoms. The molecule has 1 fully saturated rings. The molecule has 1 heterocycles. The van der Waals surface area contributed by atoms with Gasteiger partial charge in [-0.25, -0.2) is 4.39 Å². The minimum atomic E-state index is -0.205. The third-order valence-electron chi connectivity index (χ3n) is 3.78. The Kier molecular flexibility index (Phi) is 5.00. The molecule has 1 saturated heterocycles. The van der Waals surface area contributed by atoms with Gasteiger partial charge in [0.2, 0.25) is 0 Å². The van der Waals surface area contributed by atoms with E-state index in [-0.39, 0.29) is 17.8 Å². The molecule has 0 bridgehead atoms. The molecule has 0 aliphatic carbocycles. The van der Waals surface area contributed by atoms with E-state index >= 15 is 0 Å². The Labute approximate surface area is 120 Å². The Morgan fingerprint density at radius 3 is 2.95 bits per heavy atom. The molecule has 0 unspecified atom stereocenters. The molecular formula is C16H25FN2O.